The van der Waals surface area contributed by atoms with Crippen LogP contribution in [-0.4, -0.2) is 44.9 Å². The molecule has 2 aromatic heterocycles. The molecule has 0 spiro atoms. The van der Waals surface area contributed by atoms with Crippen LogP contribution in [0, 0.1) is 6.92 Å². The predicted molar refractivity (Wildman–Crippen MR) is 114 cm³/mol. The van der Waals surface area contributed by atoms with Crippen molar-refractivity contribution in [2.45, 2.75) is 45.3 Å². The molecule has 7 heteroatoms. The van der Waals surface area contributed by atoms with Crippen molar-refractivity contribution in [3.8, 4) is 11.3 Å². The van der Waals surface area contributed by atoms with E-state index < -0.39 is 0 Å². The van der Waals surface area contributed by atoms with Crippen molar-refractivity contribution in [2.75, 3.05) is 13.1 Å². The Bertz CT molecular complexity index is 1090. The van der Waals surface area contributed by atoms with Gasteiger partial charge < -0.3 is 14.4 Å². The number of carbonyl (C=O) groups is 1. The van der Waals surface area contributed by atoms with Crippen molar-refractivity contribution in [3.05, 3.63) is 63.7 Å². The van der Waals surface area contributed by atoms with Gasteiger partial charge in [0, 0.05) is 41.9 Å². The van der Waals surface area contributed by atoms with Crippen LogP contribution in [0.3, 0.4) is 0 Å². The van der Waals surface area contributed by atoms with Crippen LogP contribution in [0.15, 0.2) is 34.9 Å². The number of rotatable bonds is 3. The van der Waals surface area contributed by atoms with Gasteiger partial charge in [-0.15, -0.1) is 0 Å². The van der Waals surface area contributed by atoms with Gasteiger partial charge in [-0.25, -0.2) is 0 Å². The number of likely N-dealkylation sites (tertiary alicyclic amines) is 1. The van der Waals surface area contributed by atoms with E-state index >= 15 is 0 Å². The van der Waals surface area contributed by atoms with Crippen LogP contribution in [0.5, 0.6) is 0 Å². The van der Waals surface area contributed by atoms with Crippen LogP contribution in [0.2, 0.25) is 5.02 Å². The second-order valence-electron chi connectivity index (χ2n) is 8.20. The lowest BCUT2D eigenvalue weighted by Gasteiger charge is -2.29. The maximum Gasteiger partial charge on any atom is 0.289 e. The first kappa shape index (κ1) is 19.4. The Morgan fingerprint density at radius 1 is 1.23 bits per heavy atom. The second-order valence-corrected chi connectivity index (χ2v) is 8.64. The van der Waals surface area contributed by atoms with Gasteiger partial charge in [0.1, 0.15) is 5.76 Å². The minimum Gasteiger partial charge on any atom is -0.455 e. The largest absolute Gasteiger partial charge is 0.455 e. The fourth-order valence-electron chi connectivity index (χ4n) is 4.44. The molecule has 1 amide bonds. The van der Waals surface area contributed by atoms with Gasteiger partial charge in [0.15, 0.2) is 5.76 Å². The number of nitrogens with zero attached hydrogens (tertiary/aromatic N) is 3. The molecular weight excluding hydrogens is 402 g/mol. The summed E-state index contributed by atoms with van der Waals surface area (Å²) in [4.78, 5) is 14.8. The first-order chi connectivity index (χ1) is 14.5. The SMILES string of the molecule is Cc1c(C(=O)N2CCC(O)CC2)oc2c1-c1nn(Cc3ccc(Cl)cc3)cc1CC2. The van der Waals surface area contributed by atoms with Crippen LogP contribution >= 0.6 is 11.6 Å². The molecule has 1 N–H and O–H groups in total. The lowest BCUT2D eigenvalue weighted by molar-refractivity contribution is 0.0517. The van der Waals surface area contributed by atoms with Gasteiger partial charge in [0.2, 0.25) is 0 Å². The first-order valence-corrected chi connectivity index (χ1v) is 10.8. The molecule has 0 unspecified atom stereocenters. The molecule has 1 aromatic carbocycles. The molecule has 0 radical (unpaired) electrons. The summed E-state index contributed by atoms with van der Waals surface area (Å²) in [6.07, 6.45) is 4.62. The maximum absolute atomic E-state index is 13.0. The molecule has 2 aliphatic rings. The van der Waals surface area contributed by atoms with Crippen LogP contribution in [0.25, 0.3) is 11.3 Å². The molecule has 30 heavy (non-hydrogen) atoms. The number of furan rings is 1. The van der Waals surface area contributed by atoms with E-state index in [1.54, 1.807) is 4.90 Å². The number of aromatic nitrogens is 2. The van der Waals surface area contributed by atoms with Gasteiger partial charge in [-0.3, -0.25) is 9.48 Å². The van der Waals surface area contributed by atoms with Crippen LogP contribution < -0.4 is 0 Å². The number of carbonyl (C=O) groups excluding carboxylic acids is 1. The summed E-state index contributed by atoms with van der Waals surface area (Å²) in [5.41, 5.74) is 5.05. The Labute approximate surface area is 180 Å². The zero-order valence-corrected chi connectivity index (χ0v) is 17.7. The molecule has 0 atom stereocenters. The molecule has 1 aliphatic heterocycles. The number of aliphatic hydroxyl groups excluding tert-OH is 1. The molecule has 3 aromatic rings. The Morgan fingerprint density at radius 2 is 1.97 bits per heavy atom. The van der Waals surface area contributed by atoms with E-state index in [0.717, 1.165) is 46.0 Å². The van der Waals surface area contributed by atoms with E-state index in [2.05, 4.69) is 6.20 Å². The standard InChI is InChI=1S/C23H24ClN3O3/c1-14-20-19(30-22(14)23(29)26-10-8-18(28)9-11-26)7-4-16-13-27(25-21(16)20)12-15-2-5-17(24)6-3-15/h2-3,5-6,13,18,28H,4,7-12H2,1H3. The molecule has 1 aliphatic carbocycles. The van der Waals surface area contributed by atoms with Crippen molar-refractivity contribution in [1.29, 1.82) is 0 Å². The predicted octanol–water partition coefficient (Wildman–Crippen LogP) is 3.85. The third-order valence-corrected chi connectivity index (χ3v) is 6.37. The minimum absolute atomic E-state index is 0.0871. The highest BCUT2D eigenvalue weighted by atomic mass is 35.5. The quantitative estimate of drug-likeness (QED) is 0.691. The third-order valence-electron chi connectivity index (χ3n) is 6.12. The second kappa shape index (κ2) is 7.60. The maximum atomic E-state index is 13.0. The van der Waals surface area contributed by atoms with Crippen molar-refractivity contribution in [1.82, 2.24) is 14.7 Å². The summed E-state index contributed by atoms with van der Waals surface area (Å²) >= 11 is 5.99. The average Bonchev–Trinajstić information content (AvgIpc) is 3.30. The number of aryl methyl sites for hydroxylation is 2. The molecule has 1 saturated heterocycles. The fraction of sp³-hybridized carbons (Fsp3) is 0.391. The van der Waals surface area contributed by atoms with E-state index in [1.165, 1.54) is 5.56 Å². The molecule has 3 heterocycles. The average molecular weight is 426 g/mol. The normalized spacial score (nSPS) is 16.4. The summed E-state index contributed by atoms with van der Waals surface area (Å²) in [6.45, 7) is 3.73. The minimum atomic E-state index is -0.313. The smallest absolute Gasteiger partial charge is 0.289 e. The van der Waals surface area contributed by atoms with Crippen molar-refractivity contribution < 1.29 is 14.3 Å². The Kier molecular flexibility index (Phi) is 4.91. The van der Waals surface area contributed by atoms with Gasteiger partial charge >= 0.3 is 0 Å². The van der Waals surface area contributed by atoms with Crippen LogP contribution in [0.4, 0.5) is 0 Å². The highest BCUT2D eigenvalue weighted by Crippen LogP contribution is 2.39. The number of benzene rings is 1. The van der Waals surface area contributed by atoms with Gasteiger partial charge in [-0.05, 0) is 49.4 Å². The Morgan fingerprint density at radius 3 is 2.70 bits per heavy atom. The lowest BCUT2D eigenvalue weighted by atomic mass is 9.93. The summed E-state index contributed by atoms with van der Waals surface area (Å²) in [6, 6.07) is 7.78. The van der Waals surface area contributed by atoms with Crippen molar-refractivity contribution >= 4 is 17.5 Å². The zero-order valence-electron chi connectivity index (χ0n) is 16.9. The summed E-state index contributed by atoms with van der Waals surface area (Å²) in [5, 5.41) is 15.3. The highest BCUT2D eigenvalue weighted by molar-refractivity contribution is 6.30. The number of amides is 1. The number of halogens is 1. The fourth-order valence-corrected chi connectivity index (χ4v) is 4.56. The van der Waals surface area contributed by atoms with Crippen molar-refractivity contribution in [3.63, 3.8) is 0 Å². The van der Waals surface area contributed by atoms with E-state index in [9.17, 15) is 9.90 Å². The monoisotopic (exact) mass is 425 g/mol. The number of hydrogen-bond acceptors (Lipinski definition) is 4. The summed E-state index contributed by atoms with van der Waals surface area (Å²) < 4.78 is 8.01. The molecule has 1 fully saturated rings. The number of fused-ring (bicyclic) bond motifs is 3. The van der Waals surface area contributed by atoms with Crippen LogP contribution in [0.1, 0.15) is 45.8 Å². The van der Waals surface area contributed by atoms with Crippen LogP contribution in [-0.2, 0) is 19.4 Å². The molecule has 156 valence electrons. The molecule has 5 rings (SSSR count). The molecule has 0 saturated carbocycles. The molecule has 0 bridgehead atoms. The van der Waals surface area contributed by atoms with E-state index in [1.807, 2.05) is 35.9 Å². The topological polar surface area (TPSA) is 71.5 Å². The zero-order chi connectivity index (χ0) is 20.8. The first-order valence-electron chi connectivity index (χ1n) is 10.4. The third kappa shape index (κ3) is 3.44. The summed E-state index contributed by atoms with van der Waals surface area (Å²) in [7, 11) is 0. The van der Waals surface area contributed by atoms with Gasteiger partial charge in [0.05, 0.1) is 18.3 Å². The van der Waals surface area contributed by atoms with E-state index in [0.29, 0.717) is 38.2 Å². The highest BCUT2D eigenvalue weighted by Gasteiger charge is 2.32. The van der Waals surface area contributed by atoms with E-state index in [-0.39, 0.29) is 12.0 Å². The number of hydrogen-bond donors (Lipinski definition) is 1. The number of aliphatic hydroxyl groups is 1. The number of piperidine rings is 1. The van der Waals surface area contributed by atoms with Gasteiger partial charge in [-0.1, -0.05) is 23.7 Å². The molecular formula is C23H24ClN3O3. The Balaban J connectivity index is 1.43. The van der Waals surface area contributed by atoms with Gasteiger partial charge in [-0.2, -0.15) is 5.10 Å². The molecule has 6 nitrogen and oxygen atoms in total. The summed E-state index contributed by atoms with van der Waals surface area (Å²) in [5.74, 6) is 1.17. The van der Waals surface area contributed by atoms with Gasteiger partial charge in [0.25, 0.3) is 5.91 Å². The Hall–Kier alpha value is -2.57. The van der Waals surface area contributed by atoms with E-state index in [4.69, 9.17) is 21.1 Å². The lowest BCUT2D eigenvalue weighted by Crippen LogP contribution is -2.40. The van der Waals surface area contributed by atoms with Crippen molar-refractivity contribution in [2.24, 2.45) is 0 Å².